The van der Waals surface area contributed by atoms with Crippen molar-refractivity contribution < 1.29 is 9.53 Å². The highest BCUT2D eigenvalue weighted by molar-refractivity contribution is 9.11. The number of nitrogens with zero attached hydrogens (tertiary/aromatic N) is 3. The lowest BCUT2D eigenvalue weighted by Crippen LogP contribution is -2.43. The van der Waals surface area contributed by atoms with Crippen LogP contribution in [-0.4, -0.2) is 61.4 Å². The van der Waals surface area contributed by atoms with Gasteiger partial charge in [0.05, 0.1) is 32.1 Å². The average Bonchev–Trinajstić information content (AvgIpc) is 3.34. The van der Waals surface area contributed by atoms with Gasteiger partial charge in [0.1, 0.15) is 0 Å². The summed E-state index contributed by atoms with van der Waals surface area (Å²) in [7, 11) is 0. The van der Waals surface area contributed by atoms with Crippen LogP contribution in [-0.2, 0) is 4.74 Å². The van der Waals surface area contributed by atoms with Crippen LogP contribution >= 0.6 is 50.4 Å². The molecule has 0 aliphatic carbocycles. The summed E-state index contributed by atoms with van der Waals surface area (Å²) in [5, 5.41) is 0.760. The third kappa shape index (κ3) is 4.60. The van der Waals surface area contributed by atoms with Gasteiger partial charge in [0.2, 0.25) is 0 Å². The Morgan fingerprint density at radius 2 is 2.11 bits per heavy atom. The number of carbonyl (C=O) groups excluding carboxylic acids is 1. The summed E-state index contributed by atoms with van der Waals surface area (Å²) >= 11 is 8.21. The monoisotopic (exact) mass is 497 g/mol. The molecule has 1 saturated heterocycles. The normalized spacial score (nSPS) is 15.2. The van der Waals surface area contributed by atoms with E-state index in [1.807, 2.05) is 23.1 Å². The van der Waals surface area contributed by atoms with E-state index in [1.54, 1.807) is 23.1 Å². The summed E-state index contributed by atoms with van der Waals surface area (Å²) in [4.78, 5) is 24.1. The number of thiophene rings is 1. The van der Waals surface area contributed by atoms with Gasteiger partial charge in [-0.2, -0.15) is 0 Å². The molecule has 0 N–H and O–H groups in total. The lowest BCUT2D eigenvalue weighted by molar-refractivity contribution is 0.0391. The van der Waals surface area contributed by atoms with E-state index in [9.17, 15) is 4.79 Å². The van der Waals surface area contributed by atoms with E-state index in [-0.39, 0.29) is 5.91 Å². The highest BCUT2D eigenvalue weighted by atomic mass is 79.9. The number of ether oxygens (including phenoxy) is 1. The maximum absolute atomic E-state index is 13.3. The number of amides is 1. The number of carbonyl (C=O) groups is 1. The van der Waals surface area contributed by atoms with Crippen molar-refractivity contribution in [2.24, 2.45) is 0 Å². The van der Waals surface area contributed by atoms with Crippen molar-refractivity contribution in [1.29, 1.82) is 0 Å². The van der Waals surface area contributed by atoms with Gasteiger partial charge < -0.3 is 4.74 Å². The summed E-state index contributed by atoms with van der Waals surface area (Å²) in [6.07, 6.45) is 2.07. The Hall–Kier alpha value is -0.970. The molecule has 0 radical (unpaired) electrons. The van der Waals surface area contributed by atoms with Gasteiger partial charge >= 0.3 is 0 Å². The molecule has 4 rings (SSSR count). The summed E-state index contributed by atoms with van der Waals surface area (Å²) in [6, 6.07) is 10.0. The number of anilines is 1. The zero-order valence-corrected chi connectivity index (χ0v) is 19.4. The first-order chi connectivity index (χ1) is 13.6. The molecule has 0 saturated carbocycles. The average molecular weight is 498 g/mol. The standard InChI is InChI=1S/C19H20BrN3O2S3/c1-26-13-2-3-14-16(12-13)28-19(21-14)23(7-6-22-8-10-25-11-9-22)18(24)15-4-5-17(20)27-15/h2-5,12H,6-11H2,1H3. The number of halogens is 1. The largest absolute Gasteiger partial charge is 0.379 e. The Balaban J connectivity index is 1.62. The van der Waals surface area contributed by atoms with E-state index in [2.05, 4.69) is 39.2 Å². The third-order valence-electron chi connectivity index (χ3n) is 4.59. The molecular formula is C19H20BrN3O2S3. The fourth-order valence-electron chi connectivity index (χ4n) is 3.05. The predicted octanol–water partition coefficient (Wildman–Crippen LogP) is 4.82. The summed E-state index contributed by atoms with van der Waals surface area (Å²) < 4.78 is 7.50. The number of fused-ring (bicyclic) bond motifs is 1. The predicted molar refractivity (Wildman–Crippen MR) is 122 cm³/mol. The molecule has 0 atom stereocenters. The lowest BCUT2D eigenvalue weighted by atomic mass is 10.3. The van der Waals surface area contributed by atoms with E-state index in [0.29, 0.717) is 6.54 Å². The zero-order valence-electron chi connectivity index (χ0n) is 15.4. The zero-order chi connectivity index (χ0) is 19.5. The highest BCUT2D eigenvalue weighted by Gasteiger charge is 2.24. The molecule has 0 unspecified atom stereocenters. The molecule has 0 spiro atoms. The molecule has 28 heavy (non-hydrogen) atoms. The number of rotatable bonds is 6. The first-order valence-corrected chi connectivity index (χ1v) is 12.6. The topological polar surface area (TPSA) is 45.7 Å². The molecule has 0 bridgehead atoms. The van der Waals surface area contributed by atoms with Crippen LogP contribution in [0.2, 0.25) is 0 Å². The molecular weight excluding hydrogens is 478 g/mol. The molecule has 2 aromatic heterocycles. The Morgan fingerprint density at radius 3 is 2.82 bits per heavy atom. The molecule has 5 nitrogen and oxygen atoms in total. The Morgan fingerprint density at radius 1 is 1.29 bits per heavy atom. The van der Waals surface area contributed by atoms with Crippen molar-refractivity contribution >= 4 is 71.6 Å². The molecule has 1 aliphatic rings. The van der Waals surface area contributed by atoms with Crippen molar-refractivity contribution in [3.8, 4) is 0 Å². The minimum absolute atomic E-state index is 0.00751. The smallest absolute Gasteiger partial charge is 0.270 e. The SMILES string of the molecule is CSc1ccc2nc(N(CCN3CCOCC3)C(=O)c3ccc(Br)s3)sc2c1. The van der Waals surface area contributed by atoms with E-state index < -0.39 is 0 Å². The summed E-state index contributed by atoms with van der Waals surface area (Å²) in [5.74, 6) is 0.00751. The molecule has 1 fully saturated rings. The van der Waals surface area contributed by atoms with Crippen LogP contribution in [0.15, 0.2) is 39.0 Å². The quantitative estimate of drug-likeness (QED) is 0.456. The molecule has 3 heterocycles. The van der Waals surface area contributed by atoms with Gasteiger partial charge in [-0.3, -0.25) is 14.6 Å². The van der Waals surface area contributed by atoms with E-state index in [1.165, 1.54) is 16.2 Å². The van der Waals surface area contributed by atoms with Crippen molar-refractivity contribution in [2.45, 2.75) is 4.90 Å². The molecule has 3 aromatic rings. The lowest BCUT2D eigenvalue weighted by Gasteiger charge is -2.29. The number of thioether (sulfide) groups is 1. The van der Waals surface area contributed by atoms with E-state index >= 15 is 0 Å². The fraction of sp³-hybridized carbons (Fsp3) is 0.368. The van der Waals surface area contributed by atoms with Crippen LogP contribution in [0.3, 0.4) is 0 Å². The van der Waals surface area contributed by atoms with Gasteiger partial charge in [0.25, 0.3) is 5.91 Å². The van der Waals surface area contributed by atoms with Gasteiger partial charge in [-0.05, 0) is 52.5 Å². The van der Waals surface area contributed by atoms with Gasteiger partial charge in [-0.1, -0.05) is 11.3 Å². The van der Waals surface area contributed by atoms with Crippen molar-refractivity contribution in [3.05, 3.63) is 39.0 Å². The highest BCUT2D eigenvalue weighted by Crippen LogP contribution is 2.33. The maximum Gasteiger partial charge on any atom is 0.270 e. The minimum Gasteiger partial charge on any atom is -0.379 e. The minimum atomic E-state index is 0.00751. The van der Waals surface area contributed by atoms with Crippen LogP contribution in [0, 0.1) is 0 Å². The van der Waals surface area contributed by atoms with Crippen LogP contribution in [0.25, 0.3) is 10.2 Å². The van der Waals surface area contributed by atoms with E-state index in [0.717, 1.165) is 56.9 Å². The first kappa shape index (κ1) is 20.3. The van der Waals surface area contributed by atoms with E-state index in [4.69, 9.17) is 9.72 Å². The van der Waals surface area contributed by atoms with Gasteiger partial charge in [0.15, 0.2) is 5.13 Å². The Kier molecular flexibility index (Phi) is 6.70. The molecule has 148 valence electrons. The van der Waals surface area contributed by atoms with Crippen LogP contribution in [0.1, 0.15) is 9.67 Å². The maximum atomic E-state index is 13.3. The van der Waals surface area contributed by atoms with Crippen molar-refractivity contribution in [2.75, 3.05) is 50.5 Å². The second-order valence-corrected chi connectivity index (χ2v) is 10.7. The second-order valence-electron chi connectivity index (χ2n) is 6.34. The number of hydrogen-bond donors (Lipinski definition) is 0. The van der Waals surface area contributed by atoms with Crippen molar-refractivity contribution in [3.63, 3.8) is 0 Å². The number of morpholine rings is 1. The second kappa shape index (κ2) is 9.23. The molecule has 1 amide bonds. The Labute approximate surface area is 184 Å². The van der Waals surface area contributed by atoms with Crippen LogP contribution in [0.4, 0.5) is 5.13 Å². The van der Waals surface area contributed by atoms with Crippen molar-refractivity contribution in [1.82, 2.24) is 9.88 Å². The first-order valence-electron chi connectivity index (χ1n) is 8.96. The number of benzene rings is 1. The number of hydrogen-bond acceptors (Lipinski definition) is 7. The van der Waals surface area contributed by atoms with Gasteiger partial charge in [0, 0.05) is 31.1 Å². The van der Waals surface area contributed by atoms with Crippen LogP contribution in [0.5, 0.6) is 0 Å². The molecule has 9 heteroatoms. The Bertz CT molecular complexity index is 968. The van der Waals surface area contributed by atoms with Gasteiger partial charge in [-0.15, -0.1) is 23.1 Å². The molecule has 1 aliphatic heterocycles. The third-order valence-corrected chi connectivity index (χ3v) is 7.97. The molecule has 1 aromatic carbocycles. The fourth-order valence-corrected chi connectivity index (χ4v) is 5.93. The summed E-state index contributed by atoms with van der Waals surface area (Å²) in [5.41, 5.74) is 0.939. The number of aromatic nitrogens is 1. The van der Waals surface area contributed by atoms with Gasteiger partial charge in [-0.25, -0.2) is 4.98 Å². The summed E-state index contributed by atoms with van der Waals surface area (Å²) in [6.45, 7) is 4.75. The van der Waals surface area contributed by atoms with Crippen LogP contribution < -0.4 is 4.90 Å². The number of thiazole rings is 1.